The molecule has 2 aromatic rings. The predicted molar refractivity (Wildman–Crippen MR) is 64.0 cm³/mol. The standard InChI is InChI=1S/C9H8N3O.C2H5NO.Y/c1-12-5-6-3-2-4-7(9(10)13)8(6)11-12;1-2(3)4;/h2-5H,1H2,(H2,10,13);1H3,(H2,3,4);/q-1;;/p-1. The van der Waals surface area contributed by atoms with Crippen LogP contribution in [-0.2, 0) is 37.5 Å². The number of rotatable bonds is 1. The van der Waals surface area contributed by atoms with Gasteiger partial charge in [-0.1, -0.05) is 17.5 Å². The quantitative estimate of drug-likeness (QED) is 0.802. The molecule has 0 aliphatic carbocycles. The first-order valence-corrected chi connectivity index (χ1v) is 4.73. The van der Waals surface area contributed by atoms with Gasteiger partial charge in [-0.05, 0) is 13.0 Å². The number of nitrogens with two attached hydrogens (primary N) is 1. The summed E-state index contributed by atoms with van der Waals surface area (Å²) in [6.07, 6.45) is 1.74. The Balaban J connectivity index is 0.000000512. The average Bonchev–Trinajstić information content (AvgIpc) is 2.55. The molecule has 1 aromatic carbocycles. The van der Waals surface area contributed by atoms with Crippen LogP contribution in [0.2, 0.25) is 0 Å². The van der Waals surface area contributed by atoms with Crippen molar-refractivity contribution in [2.75, 3.05) is 0 Å². The van der Waals surface area contributed by atoms with Crippen LogP contribution < -0.4 is 5.73 Å². The van der Waals surface area contributed by atoms with Crippen LogP contribution in [0.3, 0.4) is 0 Å². The minimum Gasteiger partial charge on any atom is -0.668 e. The maximum absolute atomic E-state index is 11.0. The molecule has 0 spiro atoms. The third-order valence-corrected chi connectivity index (χ3v) is 1.85. The minimum atomic E-state index is -0.583. The van der Waals surface area contributed by atoms with Gasteiger partial charge in [-0.2, -0.15) is 7.05 Å². The van der Waals surface area contributed by atoms with Gasteiger partial charge >= 0.3 is 0 Å². The van der Waals surface area contributed by atoms with Crippen molar-refractivity contribution < 1.29 is 42.3 Å². The van der Waals surface area contributed by atoms with Crippen molar-refractivity contribution in [1.82, 2.24) is 9.78 Å². The van der Waals surface area contributed by atoms with Gasteiger partial charge in [0.05, 0.1) is 11.1 Å². The first-order valence-electron chi connectivity index (χ1n) is 4.73. The number of nitrogens with one attached hydrogen (secondary N) is 1. The number of carbonyl (C=O) groups is 2. The first-order chi connectivity index (χ1) is 7.91. The molecule has 1 aromatic heterocycles. The normalized spacial score (nSPS) is 8.94. The maximum Gasteiger partial charge on any atom is 0.250 e. The van der Waals surface area contributed by atoms with Gasteiger partial charge in [-0.3, -0.25) is 4.79 Å². The third-order valence-electron chi connectivity index (χ3n) is 1.85. The molecule has 93 valence electrons. The van der Waals surface area contributed by atoms with Crippen LogP contribution in [0.4, 0.5) is 0 Å². The van der Waals surface area contributed by atoms with Crippen LogP contribution in [0.5, 0.6) is 0 Å². The van der Waals surface area contributed by atoms with E-state index in [4.69, 9.17) is 16.3 Å². The van der Waals surface area contributed by atoms with Gasteiger partial charge in [0.15, 0.2) is 0 Å². The Morgan fingerprint density at radius 1 is 1.44 bits per heavy atom. The Morgan fingerprint density at radius 2 is 2.00 bits per heavy atom. The zero-order chi connectivity index (χ0) is 13.0. The van der Waals surface area contributed by atoms with Crippen molar-refractivity contribution in [2.24, 2.45) is 5.73 Å². The summed E-state index contributed by atoms with van der Waals surface area (Å²) in [4.78, 5) is 20.1. The molecule has 3 N–H and O–H groups in total. The second-order valence-electron chi connectivity index (χ2n) is 3.33. The Bertz CT molecular complexity index is 561. The Labute approximate surface area is 130 Å². The Morgan fingerprint density at radius 3 is 2.50 bits per heavy atom. The number of benzene rings is 1. The fourth-order valence-electron chi connectivity index (χ4n) is 1.29. The van der Waals surface area contributed by atoms with E-state index in [-0.39, 0.29) is 32.7 Å². The average molecular weight is 321 g/mol. The molecule has 0 saturated heterocycles. The molecule has 0 saturated carbocycles. The second kappa shape index (κ2) is 7.13. The number of primary amides is 1. The number of aromatic nitrogens is 2. The molecule has 0 aliphatic rings. The summed E-state index contributed by atoms with van der Waals surface area (Å²) in [6, 6.07) is 5.28. The fourth-order valence-corrected chi connectivity index (χ4v) is 1.29. The molecule has 0 unspecified atom stereocenters. The SMILES string of the molecule is CC([NH-])=O.[CH2-]n1cc2cccc(C(N)=O)c2n1.[Y]. The largest absolute Gasteiger partial charge is 0.668 e. The van der Waals surface area contributed by atoms with E-state index >= 15 is 0 Å². The van der Waals surface area contributed by atoms with Crippen LogP contribution >= 0.6 is 0 Å². The van der Waals surface area contributed by atoms with E-state index in [9.17, 15) is 4.79 Å². The molecule has 0 atom stereocenters. The predicted octanol–water partition coefficient (Wildman–Crippen LogP) is 1.36. The summed E-state index contributed by atoms with van der Waals surface area (Å²) >= 11 is 0. The molecule has 7 heteroatoms. The van der Waals surface area contributed by atoms with Gasteiger partial charge in [0, 0.05) is 38.6 Å². The van der Waals surface area contributed by atoms with Crippen LogP contribution in [0.1, 0.15) is 17.3 Å². The van der Waals surface area contributed by atoms with E-state index in [1.165, 1.54) is 11.6 Å². The Kier molecular flexibility index (Phi) is 6.58. The molecular formula is C11H12N4O2Y-2. The molecule has 1 radical (unpaired) electrons. The van der Waals surface area contributed by atoms with E-state index in [2.05, 4.69) is 12.1 Å². The van der Waals surface area contributed by atoms with Crippen LogP contribution in [0.25, 0.3) is 16.6 Å². The molecule has 6 nitrogen and oxygen atoms in total. The number of hydrogen-bond acceptors (Lipinski definition) is 3. The topological polar surface area (TPSA) is 102 Å². The smallest absolute Gasteiger partial charge is 0.250 e. The Hall–Kier alpha value is -1.40. The van der Waals surface area contributed by atoms with Crippen molar-refractivity contribution in [2.45, 2.75) is 6.92 Å². The minimum absolute atomic E-state index is 0. The van der Waals surface area contributed by atoms with Crippen molar-refractivity contribution in [3.05, 3.63) is 42.7 Å². The van der Waals surface area contributed by atoms with Gasteiger partial charge in [-0.25, -0.2) is 5.10 Å². The number of hydrogen-bond donors (Lipinski definition) is 1. The summed E-state index contributed by atoms with van der Waals surface area (Å²) in [5.41, 5.74) is 12.2. The second-order valence-corrected chi connectivity index (χ2v) is 3.33. The summed E-state index contributed by atoms with van der Waals surface area (Å²) in [7, 11) is 3.61. The van der Waals surface area contributed by atoms with E-state index in [0.29, 0.717) is 11.1 Å². The first kappa shape index (κ1) is 16.6. The fraction of sp³-hybridized carbons (Fsp3) is 0.0909. The van der Waals surface area contributed by atoms with Crippen molar-refractivity contribution in [1.29, 1.82) is 0 Å². The molecule has 18 heavy (non-hydrogen) atoms. The maximum atomic E-state index is 11.0. The summed E-state index contributed by atoms with van der Waals surface area (Å²) in [5, 5.41) is 4.91. The van der Waals surface area contributed by atoms with Gasteiger partial charge in [-0.15, -0.1) is 6.20 Å². The summed E-state index contributed by atoms with van der Waals surface area (Å²) < 4.78 is 1.41. The van der Waals surface area contributed by atoms with E-state index in [1.807, 2.05) is 6.07 Å². The van der Waals surface area contributed by atoms with Crippen molar-refractivity contribution in [3.8, 4) is 0 Å². The monoisotopic (exact) mass is 321 g/mol. The summed E-state index contributed by atoms with van der Waals surface area (Å²) in [5.74, 6) is -1.05. The van der Waals surface area contributed by atoms with Gasteiger partial charge < -0.3 is 20.9 Å². The molecule has 2 rings (SSSR count). The number of nitrogens with zero attached hydrogens (tertiary/aromatic N) is 2. The molecule has 1 heterocycles. The molecule has 0 bridgehead atoms. The molecule has 2 amide bonds. The molecular weight excluding hydrogens is 309 g/mol. The van der Waals surface area contributed by atoms with E-state index in [0.717, 1.165) is 5.39 Å². The van der Waals surface area contributed by atoms with Gasteiger partial charge in [0.2, 0.25) is 0 Å². The zero-order valence-electron chi connectivity index (χ0n) is 9.88. The van der Waals surface area contributed by atoms with Crippen molar-refractivity contribution >= 4 is 22.7 Å². The van der Waals surface area contributed by atoms with E-state index in [1.54, 1.807) is 18.3 Å². The van der Waals surface area contributed by atoms with Gasteiger partial charge in [0.25, 0.3) is 5.91 Å². The number of fused-ring (bicyclic) bond motifs is 1. The van der Waals surface area contributed by atoms with Crippen LogP contribution in [0, 0.1) is 7.05 Å². The molecule has 0 aliphatic heterocycles. The number of amides is 2. The van der Waals surface area contributed by atoms with Crippen molar-refractivity contribution in [3.63, 3.8) is 0 Å². The zero-order valence-corrected chi connectivity index (χ0v) is 12.7. The third kappa shape index (κ3) is 4.46. The summed E-state index contributed by atoms with van der Waals surface area (Å²) in [6.45, 7) is 1.19. The number of carbonyl (C=O) groups excluding carboxylic acids is 2. The van der Waals surface area contributed by atoms with Crippen LogP contribution in [-0.4, -0.2) is 21.6 Å². The van der Waals surface area contributed by atoms with Crippen LogP contribution in [0.15, 0.2) is 24.4 Å². The van der Waals surface area contributed by atoms with E-state index < -0.39 is 11.8 Å². The van der Waals surface area contributed by atoms with Gasteiger partial charge in [0.1, 0.15) is 0 Å². The molecule has 0 fully saturated rings.